The van der Waals surface area contributed by atoms with Gasteiger partial charge in [-0.25, -0.2) is 0 Å². The molecule has 0 radical (unpaired) electrons. The summed E-state index contributed by atoms with van der Waals surface area (Å²) < 4.78 is 5.11. The van der Waals surface area contributed by atoms with E-state index in [9.17, 15) is 0 Å². The van der Waals surface area contributed by atoms with E-state index in [1.807, 2.05) is 14.0 Å². The number of hydrogen-bond acceptors (Lipinski definition) is 3. The molecule has 3 nitrogen and oxygen atoms in total. The Kier molecular flexibility index (Phi) is 2.13. The molecule has 0 atom stereocenters. The van der Waals surface area contributed by atoms with Crippen molar-refractivity contribution in [1.82, 2.24) is 5.16 Å². The second-order valence-electron chi connectivity index (χ2n) is 3.99. The van der Waals surface area contributed by atoms with Gasteiger partial charge in [0.15, 0.2) is 0 Å². The Morgan fingerprint density at radius 1 is 1.33 bits per heavy atom. The van der Waals surface area contributed by atoms with Crippen molar-refractivity contribution in [1.29, 1.82) is 0 Å². The number of nitrogens with zero attached hydrogens (tertiary/aromatic N) is 1. The smallest absolute Gasteiger partial charge is 0.227 e. The van der Waals surface area contributed by atoms with Crippen LogP contribution < -0.4 is 5.32 Å². The highest BCUT2D eigenvalue weighted by atomic mass is 16.5. The average Bonchev–Trinajstić information content (AvgIpc) is 2.29. The standard InChI is InChI=1S/C9H16N2O/c1-6-7(9(2,3)4)11-12-8(6)10-5/h10H,1-5H3. The molecule has 0 saturated carbocycles. The summed E-state index contributed by atoms with van der Waals surface area (Å²) in [6, 6.07) is 0. The Hall–Kier alpha value is -0.990. The summed E-state index contributed by atoms with van der Waals surface area (Å²) in [5, 5.41) is 6.98. The van der Waals surface area contributed by atoms with Gasteiger partial charge < -0.3 is 9.84 Å². The largest absolute Gasteiger partial charge is 0.357 e. The van der Waals surface area contributed by atoms with Gasteiger partial charge in [-0.05, 0) is 6.92 Å². The molecular weight excluding hydrogens is 152 g/mol. The molecule has 0 fully saturated rings. The first-order valence-electron chi connectivity index (χ1n) is 4.11. The van der Waals surface area contributed by atoms with Crippen molar-refractivity contribution >= 4 is 5.88 Å². The fourth-order valence-electron chi connectivity index (χ4n) is 1.27. The Morgan fingerprint density at radius 2 is 1.92 bits per heavy atom. The molecule has 1 N–H and O–H groups in total. The zero-order valence-electron chi connectivity index (χ0n) is 8.36. The first kappa shape index (κ1) is 9.10. The number of aromatic nitrogens is 1. The summed E-state index contributed by atoms with van der Waals surface area (Å²) in [6.07, 6.45) is 0. The van der Waals surface area contributed by atoms with Crippen LogP contribution in [0.2, 0.25) is 0 Å². The van der Waals surface area contributed by atoms with E-state index in [1.54, 1.807) is 0 Å². The SMILES string of the molecule is CNc1onc(C(C)(C)C)c1C. The molecule has 0 bridgehead atoms. The van der Waals surface area contributed by atoms with Crippen LogP contribution in [0, 0.1) is 6.92 Å². The highest BCUT2D eigenvalue weighted by molar-refractivity contribution is 5.43. The molecule has 0 saturated heterocycles. The Morgan fingerprint density at radius 3 is 2.17 bits per heavy atom. The highest BCUT2D eigenvalue weighted by Crippen LogP contribution is 2.28. The van der Waals surface area contributed by atoms with E-state index in [0.717, 1.165) is 17.1 Å². The van der Waals surface area contributed by atoms with E-state index in [1.165, 1.54) is 0 Å². The van der Waals surface area contributed by atoms with Gasteiger partial charge >= 0.3 is 0 Å². The monoisotopic (exact) mass is 168 g/mol. The molecule has 1 aromatic heterocycles. The van der Waals surface area contributed by atoms with Gasteiger partial charge in [-0.15, -0.1) is 0 Å². The Labute approximate surface area is 73.1 Å². The minimum Gasteiger partial charge on any atom is -0.357 e. The third-order valence-corrected chi connectivity index (χ3v) is 1.86. The summed E-state index contributed by atoms with van der Waals surface area (Å²) in [7, 11) is 1.83. The van der Waals surface area contributed by atoms with Crippen LogP contribution in [0.1, 0.15) is 32.0 Å². The van der Waals surface area contributed by atoms with E-state index in [2.05, 4.69) is 31.2 Å². The van der Waals surface area contributed by atoms with Crippen LogP contribution in [0.25, 0.3) is 0 Å². The molecule has 68 valence electrons. The number of rotatable bonds is 1. The van der Waals surface area contributed by atoms with E-state index in [-0.39, 0.29) is 5.41 Å². The predicted octanol–water partition coefficient (Wildman–Crippen LogP) is 2.32. The van der Waals surface area contributed by atoms with Crippen LogP contribution in [0.5, 0.6) is 0 Å². The summed E-state index contributed by atoms with van der Waals surface area (Å²) in [5.41, 5.74) is 2.18. The Balaban J connectivity index is 3.11. The summed E-state index contributed by atoms with van der Waals surface area (Å²) >= 11 is 0. The van der Waals surface area contributed by atoms with Crippen molar-refractivity contribution in [2.45, 2.75) is 33.1 Å². The molecule has 1 heterocycles. The number of anilines is 1. The van der Waals surface area contributed by atoms with E-state index in [4.69, 9.17) is 4.52 Å². The van der Waals surface area contributed by atoms with Gasteiger partial charge in [0.2, 0.25) is 5.88 Å². The molecule has 0 aliphatic carbocycles. The maximum atomic E-state index is 5.11. The van der Waals surface area contributed by atoms with E-state index >= 15 is 0 Å². The summed E-state index contributed by atoms with van der Waals surface area (Å²) in [6.45, 7) is 8.38. The maximum absolute atomic E-state index is 5.11. The van der Waals surface area contributed by atoms with Gasteiger partial charge in [-0.2, -0.15) is 0 Å². The lowest BCUT2D eigenvalue weighted by Gasteiger charge is -2.14. The third kappa shape index (κ3) is 1.44. The molecule has 1 aromatic rings. The lowest BCUT2D eigenvalue weighted by Crippen LogP contribution is -2.13. The van der Waals surface area contributed by atoms with Crippen molar-refractivity contribution in [3.63, 3.8) is 0 Å². The van der Waals surface area contributed by atoms with E-state index in [0.29, 0.717) is 0 Å². The van der Waals surface area contributed by atoms with Crippen LogP contribution in [0.4, 0.5) is 5.88 Å². The van der Waals surface area contributed by atoms with Gasteiger partial charge in [0.05, 0.1) is 5.69 Å². The Bertz CT molecular complexity index is 271. The fraction of sp³-hybridized carbons (Fsp3) is 0.667. The van der Waals surface area contributed by atoms with Crippen LogP contribution >= 0.6 is 0 Å². The van der Waals surface area contributed by atoms with Crippen molar-refractivity contribution in [2.24, 2.45) is 0 Å². The van der Waals surface area contributed by atoms with Gasteiger partial charge in [0.1, 0.15) is 0 Å². The van der Waals surface area contributed by atoms with Crippen LogP contribution in [-0.4, -0.2) is 12.2 Å². The van der Waals surface area contributed by atoms with Gasteiger partial charge in [0.25, 0.3) is 0 Å². The van der Waals surface area contributed by atoms with Crippen LogP contribution in [-0.2, 0) is 5.41 Å². The molecule has 3 heteroatoms. The summed E-state index contributed by atoms with van der Waals surface area (Å²) in [5.74, 6) is 0.764. The van der Waals surface area contributed by atoms with Crippen molar-refractivity contribution in [2.75, 3.05) is 12.4 Å². The zero-order valence-corrected chi connectivity index (χ0v) is 8.36. The molecule has 0 aliphatic rings. The first-order valence-corrected chi connectivity index (χ1v) is 4.11. The molecule has 1 rings (SSSR count). The van der Waals surface area contributed by atoms with Gasteiger partial charge in [-0.3, -0.25) is 0 Å². The topological polar surface area (TPSA) is 38.1 Å². The second kappa shape index (κ2) is 2.81. The minimum atomic E-state index is 0.0582. The lowest BCUT2D eigenvalue weighted by atomic mass is 9.90. The van der Waals surface area contributed by atoms with Crippen molar-refractivity contribution in [3.8, 4) is 0 Å². The minimum absolute atomic E-state index is 0.0582. The molecular formula is C9H16N2O. The second-order valence-corrected chi connectivity index (χ2v) is 3.99. The maximum Gasteiger partial charge on any atom is 0.227 e. The van der Waals surface area contributed by atoms with Crippen LogP contribution in [0.3, 0.4) is 0 Å². The average molecular weight is 168 g/mol. The molecule has 0 aliphatic heterocycles. The summed E-state index contributed by atoms with van der Waals surface area (Å²) in [4.78, 5) is 0. The number of hydrogen-bond donors (Lipinski definition) is 1. The molecule has 0 unspecified atom stereocenters. The number of nitrogens with one attached hydrogen (secondary N) is 1. The zero-order chi connectivity index (χ0) is 9.35. The first-order chi connectivity index (χ1) is 5.46. The molecule has 0 aromatic carbocycles. The quantitative estimate of drug-likeness (QED) is 0.699. The normalized spacial score (nSPS) is 11.8. The van der Waals surface area contributed by atoms with E-state index < -0.39 is 0 Å². The highest BCUT2D eigenvalue weighted by Gasteiger charge is 2.22. The van der Waals surface area contributed by atoms with Crippen molar-refractivity contribution in [3.05, 3.63) is 11.3 Å². The lowest BCUT2D eigenvalue weighted by molar-refractivity contribution is 0.404. The predicted molar refractivity (Wildman–Crippen MR) is 49.5 cm³/mol. The van der Waals surface area contributed by atoms with Crippen LogP contribution in [0.15, 0.2) is 4.52 Å². The van der Waals surface area contributed by atoms with Gasteiger partial charge in [0, 0.05) is 18.0 Å². The fourth-order valence-corrected chi connectivity index (χ4v) is 1.27. The van der Waals surface area contributed by atoms with Gasteiger partial charge in [-0.1, -0.05) is 25.9 Å². The third-order valence-electron chi connectivity index (χ3n) is 1.86. The van der Waals surface area contributed by atoms with Crippen molar-refractivity contribution < 1.29 is 4.52 Å². The molecule has 0 spiro atoms. The molecule has 0 amide bonds. The molecule has 12 heavy (non-hydrogen) atoms.